The van der Waals surface area contributed by atoms with Crippen molar-refractivity contribution in [2.24, 2.45) is 0 Å². The molecule has 0 amide bonds. The van der Waals surface area contributed by atoms with Crippen molar-refractivity contribution in [2.75, 3.05) is 4.90 Å². The van der Waals surface area contributed by atoms with Crippen LogP contribution in [0.25, 0.3) is 77.2 Å². The zero-order valence-electron chi connectivity index (χ0n) is 30.5. The van der Waals surface area contributed by atoms with E-state index in [1.807, 2.05) is 12.1 Å². The van der Waals surface area contributed by atoms with E-state index in [-0.39, 0.29) is 0 Å². The molecule has 1 aromatic heterocycles. The smallest absolute Gasteiger partial charge is 0.138 e. The summed E-state index contributed by atoms with van der Waals surface area (Å²) in [6.07, 6.45) is 0. The molecule has 10 rings (SSSR count). The van der Waals surface area contributed by atoms with Crippen molar-refractivity contribution in [1.82, 2.24) is 0 Å². The van der Waals surface area contributed by atoms with Crippen molar-refractivity contribution in [3.8, 4) is 44.7 Å². The summed E-state index contributed by atoms with van der Waals surface area (Å²) >= 11 is 0. The third-order valence-electron chi connectivity index (χ3n) is 10.9. The topological polar surface area (TPSA) is 16.4 Å². The lowest BCUT2D eigenvalue weighted by Gasteiger charge is -2.28. The molecule has 0 saturated carbocycles. The van der Waals surface area contributed by atoms with Gasteiger partial charge in [-0.3, -0.25) is 0 Å². The molecule has 2 heteroatoms. The first-order valence-electron chi connectivity index (χ1n) is 18.8. The van der Waals surface area contributed by atoms with Gasteiger partial charge in [-0.05, 0) is 98.8 Å². The summed E-state index contributed by atoms with van der Waals surface area (Å²) in [7, 11) is 0. The predicted octanol–water partition coefficient (Wildman–Crippen LogP) is 15.2. The molecule has 0 fully saturated rings. The molecule has 0 aliphatic carbocycles. The second-order valence-corrected chi connectivity index (χ2v) is 14.2. The van der Waals surface area contributed by atoms with Crippen LogP contribution in [0.2, 0.25) is 0 Å². The maximum Gasteiger partial charge on any atom is 0.138 e. The Balaban J connectivity index is 1.09. The van der Waals surface area contributed by atoms with Crippen molar-refractivity contribution < 1.29 is 4.42 Å². The summed E-state index contributed by atoms with van der Waals surface area (Å²) in [5, 5.41) is 6.20. The fraction of sp³-hybridized carbons (Fsp3) is 0.0189. The second-order valence-electron chi connectivity index (χ2n) is 14.2. The molecule has 260 valence electrons. The normalized spacial score (nSPS) is 11.4. The highest BCUT2D eigenvalue weighted by Gasteiger charge is 2.20. The van der Waals surface area contributed by atoms with Gasteiger partial charge in [0.25, 0.3) is 0 Å². The number of rotatable bonds is 7. The molecule has 0 aliphatic rings. The number of aryl methyl sites for hydroxylation is 1. The van der Waals surface area contributed by atoms with Crippen LogP contribution in [0.15, 0.2) is 211 Å². The Morgan fingerprint density at radius 1 is 0.364 bits per heavy atom. The standard InChI is InChI=1S/C53H37NO/c1-36-47-17-8-10-21-52(47)55-53(36)44-15-11-16-46(35-44)54(51-20-9-7-19-50(51)41-24-22-38(23-25-41)37-12-3-2-4-13-37)45-31-28-39(29-32-45)42-30-33-49-43(34-42)27-26-40-14-5-6-18-48(40)49/h2-35H,1H3. The number of hydrogen-bond acceptors (Lipinski definition) is 2. The number of para-hydroxylation sites is 2. The Bertz CT molecular complexity index is 2970. The van der Waals surface area contributed by atoms with E-state index in [0.29, 0.717) is 0 Å². The van der Waals surface area contributed by atoms with Gasteiger partial charge in [0.05, 0.1) is 5.69 Å². The predicted molar refractivity (Wildman–Crippen MR) is 232 cm³/mol. The highest BCUT2D eigenvalue weighted by Crippen LogP contribution is 2.43. The monoisotopic (exact) mass is 703 g/mol. The van der Waals surface area contributed by atoms with Crippen LogP contribution in [0.4, 0.5) is 17.1 Å². The van der Waals surface area contributed by atoms with E-state index >= 15 is 0 Å². The van der Waals surface area contributed by atoms with Crippen LogP contribution in [0, 0.1) is 6.92 Å². The average molecular weight is 704 g/mol. The number of hydrogen-bond donors (Lipinski definition) is 0. The lowest BCUT2D eigenvalue weighted by atomic mass is 9.97. The van der Waals surface area contributed by atoms with Crippen LogP contribution in [-0.2, 0) is 0 Å². The number of nitrogens with zero attached hydrogens (tertiary/aromatic N) is 1. The van der Waals surface area contributed by atoms with E-state index in [1.165, 1.54) is 43.8 Å². The Kier molecular flexibility index (Phi) is 8.08. The fourth-order valence-electron chi connectivity index (χ4n) is 8.04. The van der Waals surface area contributed by atoms with Gasteiger partial charge in [-0.2, -0.15) is 0 Å². The number of benzene rings is 9. The average Bonchev–Trinajstić information content (AvgIpc) is 3.60. The molecule has 0 bridgehead atoms. The maximum absolute atomic E-state index is 6.47. The molecule has 0 saturated heterocycles. The minimum Gasteiger partial charge on any atom is -0.456 e. The molecule has 0 spiro atoms. The zero-order chi connectivity index (χ0) is 36.7. The van der Waals surface area contributed by atoms with E-state index in [9.17, 15) is 0 Å². The zero-order valence-corrected chi connectivity index (χ0v) is 30.5. The summed E-state index contributed by atoms with van der Waals surface area (Å²) in [6, 6.07) is 74.0. The van der Waals surface area contributed by atoms with E-state index in [1.54, 1.807) is 0 Å². The van der Waals surface area contributed by atoms with Gasteiger partial charge < -0.3 is 9.32 Å². The molecule has 0 atom stereocenters. The van der Waals surface area contributed by atoms with Gasteiger partial charge in [0.15, 0.2) is 0 Å². The maximum atomic E-state index is 6.47. The minimum absolute atomic E-state index is 0.896. The van der Waals surface area contributed by atoms with E-state index < -0.39 is 0 Å². The SMILES string of the molecule is Cc1c(-c2cccc(N(c3ccc(-c4ccc5c(ccc6ccccc65)c4)cc3)c3ccccc3-c3ccc(-c4ccccc4)cc3)c2)oc2ccccc12. The molecule has 0 unspecified atom stereocenters. The fourth-order valence-corrected chi connectivity index (χ4v) is 8.04. The molecule has 10 aromatic rings. The Labute approximate surface area is 321 Å². The first kappa shape index (κ1) is 32.5. The van der Waals surface area contributed by atoms with Crippen LogP contribution < -0.4 is 4.90 Å². The Morgan fingerprint density at radius 2 is 0.964 bits per heavy atom. The van der Waals surface area contributed by atoms with Gasteiger partial charge in [0.1, 0.15) is 11.3 Å². The Hall–Kier alpha value is -7.16. The van der Waals surface area contributed by atoms with Crippen molar-refractivity contribution in [3.05, 3.63) is 212 Å². The van der Waals surface area contributed by atoms with Crippen molar-refractivity contribution in [2.45, 2.75) is 6.92 Å². The first-order valence-corrected chi connectivity index (χ1v) is 18.8. The minimum atomic E-state index is 0.896. The quantitative estimate of drug-likeness (QED) is 0.154. The highest BCUT2D eigenvalue weighted by atomic mass is 16.3. The molecule has 0 N–H and O–H groups in total. The largest absolute Gasteiger partial charge is 0.456 e. The van der Waals surface area contributed by atoms with Gasteiger partial charge in [-0.1, -0.05) is 164 Å². The molecule has 0 radical (unpaired) electrons. The van der Waals surface area contributed by atoms with Crippen molar-refractivity contribution in [1.29, 1.82) is 0 Å². The number of furan rings is 1. The van der Waals surface area contributed by atoms with Gasteiger partial charge in [0, 0.05) is 33.5 Å². The molecule has 1 heterocycles. The molecule has 55 heavy (non-hydrogen) atoms. The van der Waals surface area contributed by atoms with Crippen LogP contribution in [-0.4, -0.2) is 0 Å². The van der Waals surface area contributed by atoms with Crippen LogP contribution in [0.1, 0.15) is 5.56 Å². The van der Waals surface area contributed by atoms with Gasteiger partial charge in [-0.25, -0.2) is 0 Å². The van der Waals surface area contributed by atoms with Gasteiger partial charge in [-0.15, -0.1) is 0 Å². The first-order chi connectivity index (χ1) is 27.2. The van der Waals surface area contributed by atoms with Gasteiger partial charge in [0.2, 0.25) is 0 Å². The van der Waals surface area contributed by atoms with E-state index in [2.05, 4.69) is 206 Å². The lowest BCUT2D eigenvalue weighted by Crippen LogP contribution is -2.11. The summed E-state index contributed by atoms with van der Waals surface area (Å²) in [4.78, 5) is 2.37. The second kappa shape index (κ2) is 13.7. The van der Waals surface area contributed by atoms with Crippen LogP contribution in [0.3, 0.4) is 0 Å². The molecular weight excluding hydrogens is 667 g/mol. The summed E-state index contributed by atoms with van der Waals surface area (Å²) in [5.74, 6) is 0.896. The third kappa shape index (κ3) is 5.95. The highest BCUT2D eigenvalue weighted by molar-refractivity contribution is 6.08. The Morgan fingerprint density at radius 3 is 1.80 bits per heavy atom. The summed E-state index contributed by atoms with van der Waals surface area (Å²) in [5.41, 5.74) is 13.4. The molecular formula is C53H37NO. The molecule has 0 aliphatic heterocycles. The van der Waals surface area contributed by atoms with Crippen molar-refractivity contribution in [3.63, 3.8) is 0 Å². The van der Waals surface area contributed by atoms with Crippen molar-refractivity contribution >= 4 is 49.6 Å². The number of fused-ring (bicyclic) bond motifs is 4. The summed E-state index contributed by atoms with van der Waals surface area (Å²) in [6.45, 7) is 2.15. The third-order valence-corrected chi connectivity index (χ3v) is 10.9. The molecule has 9 aromatic carbocycles. The lowest BCUT2D eigenvalue weighted by molar-refractivity contribution is 0.629. The van der Waals surface area contributed by atoms with Crippen LogP contribution >= 0.6 is 0 Å². The van der Waals surface area contributed by atoms with E-state index in [4.69, 9.17) is 4.42 Å². The van der Waals surface area contributed by atoms with Gasteiger partial charge >= 0.3 is 0 Å². The van der Waals surface area contributed by atoms with Crippen LogP contribution in [0.5, 0.6) is 0 Å². The number of anilines is 3. The van der Waals surface area contributed by atoms with E-state index in [0.717, 1.165) is 56.0 Å². The molecule has 2 nitrogen and oxygen atoms in total. The summed E-state index contributed by atoms with van der Waals surface area (Å²) < 4.78 is 6.47.